The molecule has 1 aliphatic carbocycles. The van der Waals surface area contributed by atoms with E-state index in [0.29, 0.717) is 45.1 Å². The molecule has 2 aliphatic rings. The third-order valence-electron chi connectivity index (χ3n) is 6.49. The average molecular weight is 491 g/mol. The highest BCUT2D eigenvalue weighted by atomic mass is 19.4. The van der Waals surface area contributed by atoms with E-state index in [1.54, 1.807) is 6.92 Å². The molecule has 1 aromatic rings. The molecule has 0 bridgehead atoms. The van der Waals surface area contributed by atoms with Gasteiger partial charge < -0.3 is 18.9 Å². The Kier molecular flexibility index (Phi) is 9.59. The van der Waals surface area contributed by atoms with Crippen molar-refractivity contribution in [2.75, 3.05) is 19.8 Å². The molecule has 2 atom stereocenters. The molecular weight excluding hydrogens is 456 g/mol. The SMILES string of the molecule is CCCCOC1CCC(C(=O)OC2CCC(c3ccc(OCC)c(F)c3C(F)(F)F)CC2)CO1. The number of unbranched alkanes of at least 4 members (excludes halogenated alkanes) is 1. The van der Waals surface area contributed by atoms with Crippen LogP contribution in [0.5, 0.6) is 5.75 Å². The number of esters is 1. The topological polar surface area (TPSA) is 54.0 Å². The molecule has 1 aliphatic heterocycles. The monoisotopic (exact) mass is 490 g/mol. The number of hydrogen-bond acceptors (Lipinski definition) is 5. The van der Waals surface area contributed by atoms with Crippen molar-refractivity contribution in [2.45, 2.75) is 89.7 Å². The van der Waals surface area contributed by atoms with Crippen molar-refractivity contribution in [3.63, 3.8) is 0 Å². The van der Waals surface area contributed by atoms with Crippen LogP contribution in [0.25, 0.3) is 0 Å². The predicted octanol–water partition coefficient (Wildman–Crippen LogP) is 6.38. The van der Waals surface area contributed by atoms with Gasteiger partial charge in [0.25, 0.3) is 0 Å². The van der Waals surface area contributed by atoms with E-state index in [4.69, 9.17) is 18.9 Å². The first kappa shape index (κ1) is 26.7. The Hall–Kier alpha value is -1.87. The third kappa shape index (κ3) is 6.84. The molecule has 0 aromatic heterocycles. The lowest BCUT2D eigenvalue weighted by Gasteiger charge is -2.32. The van der Waals surface area contributed by atoms with Gasteiger partial charge in [0.15, 0.2) is 17.9 Å². The summed E-state index contributed by atoms with van der Waals surface area (Å²) in [6.45, 7) is 4.61. The fraction of sp³-hybridized carbons (Fsp3) is 0.720. The number of carbonyl (C=O) groups is 1. The van der Waals surface area contributed by atoms with E-state index in [2.05, 4.69) is 6.92 Å². The van der Waals surface area contributed by atoms with Crippen LogP contribution in [0.1, 0.15) is 82.3 Å². The minimum Gasteiger partial charge on any atom is -0.491 e. The normalized spacial score (nSPS) is 25.7. The highest BCUT2D eigenvalue weighted by Crippen LogP contribution is 2.44. The Morgan fingerprint density at radius 2 is 1.82 bits per heavy atom. The Morgan fingerprint density at radius 1 is 1.09 bits per heavy atom. The Labute approximate surface area is 198 Å². The number of rotatable bonds is 9. The van der Waals surface area contributed by atoms with Crippen LogP contribution in [0.15, 0.2) is 12.1 Å². The van der Waals surface area contributed by atoms with Gasteiger partial charge in [0, 0.05) is 6.61 Å². The molecule has 9 heteroatoms. The van der Waals surface area contributed by atoms with Crippen LogP contribution in [0, 0.1) is 11.7 Å². The van der Waals surface area contributed by atoms with Gasteiger partial charge >= 0.3 is 12.1 Å². The van der Waals surface area contributed by atoms with Gasteiger partial charge in [-0.25, -0.2) is 4.39 Å². The summed E-state index contributed by atoms with van der Waals surface area (Å²) in [7, 11) is 0. The third-order valence-corrected chi connectivity index (χ3v) is 6.49. The summed E-state index contributed by atoms with van der Waals surface area (Å²) < 4.78 is 77.5. The van der Waals surface area contributed by atoms with Gasteiger partial charge in [-0.3, -0.25) is 4.79 Å². The van der Waals surface area contributed by atoms with Crippen LogP contribution in [0.2, 0.25) is 0 Å². The number of hydrogen-bond donors (Lipinski definition) is 0. The van der Waals surface area contributed by atoms with E-state index >= 15 is 0 Å². The maximum absolute atomic E-state index is 14.6. The van der Waals surface area contributed by atoms with Crippen LogP contribution >= 0.6 is 0 Å². The Bertz CT molecular complexity index is 797. The van der Waals surface area contributed by atoms with Crippen molar-refractivity contribution < 1.29 is 41.3 Å². The second kappa shape index (κ2) is 12.2. The molecule has 2 unspecified atom stereocenters. The lowest BCUT2D eigenvalue weighted by molar-refractivity contribution is -0.190. The van der Waals surface area contributed by atoms with E-state index in [1.165, 1.54) is 12.1 Å². The fourth-order valence-corrected chi connectivity index (χ4v) is 4.62. The molecule has 1 heterocycles. The van der Waals surface area contributed by atoms with E-state index < -0.39 is 29.2 Å². The summed E-state index contributed by atoms with van der Waals surface area (Å²) in [6, 6.07) is 2.57. The second-order valence-electron chi connectivity index (χ2n) is 8.94. The first-order valence-electron chi connectivity index (χ1n) is 12.2. The van der Waals surface area contributed by atoms with Crippen LogP contribution in [-0.2, 0) is 25.2 Å². The summed E-state index contributed by atoms with van der Waals surface area (Å²) >= 11 is 0. The van der Waals surface area contributed by atoms with Crippen molar-refractivity contribution in [3.8, 4) is 5.75 Å². The number of carbonyl (C=O) groups excluding carboxylic acids is 1. The molecule has 5 nitrogen and oxygen atoms in total. The number of ether oxygens (including phenoxy) is 4. The lowest BCUT2D eigenvalue weighted by atomic mass is 9.80. The largest absolute Gasteiger partial charge is 0.491 e. The average Bonchev–Trinajstić information content (AvgIpc) is 2.80. The van der Waals surface area contributed by atoms with Crippen molar-refractivity contribution in [3.05, 3.63) is 29.1 Å². The molecule has 192 valence electrons. The van der Waals surface area contributed by atoms with E-state index in [9.17, 15) is 22.4 Å². The molecule has 1 saturated carbocycles. The molecule has 3 rings (SSSR count). The summed E-state index contributed by atoms with van der Waals surface area (Å²) in [6.07, 6.45) is -0.618. The lowest BCUT2D eigenvalue weighted by Crippen LogP contribution is -2.35. The first-order valence-corrected chi connectivity index (χ1v) is 12.2. The van der Waals surface area contributed by atoms with Gasteiger partial charge in [-0.15, -0.1) is 0 Å². The van der Waals surface area contributed by atoms with Crippen molar-refractivity contribution in [2.24, 2.45) is 5.92 Å². The van der Waals surface area contributed by atoms with Gasteiger partial charge in [0.2, 0.25) is 0 Å². The molecule has 0 spiro atoms. The van der Waals surface area contributed by atoms with Crippen LogP contribution in [0.3, 0.4) is 0 Å². The molecular formula is C25H34F4O5. The van der Waals surface area contributed by atoms with E-state index in [-0.39, 0.29) is 43.1 Å². The molecule has 2 fully saturated rings. The quantitative estimate of drug-likeness (QED) is 0.228. The highest BCUT2D eigenvalue weighted by Gasteiger charge is 2.41. The van der Waals surface area contributed by atoms with Crippen molar-refractivity contribution >= 4 is 5.97 Å². The molecule has 0 radical (unpaired) electrons. The minimum atomic E-state index is -4.82. The maximum Gasteiger partial charge on any atom is 0.419 e. The molecule has 1 saturated heterocycles. The Balaban J connectivity index is 1.53. The van der Waals surface area contributed by atoms with Crippen molar-refractivity contribution in [1.29, 1.82) is 0 Å². The zero-order valence-electron chi connectivity index (χ0n) is 19.8. The van der Waals surface area contributed by atoms with E-state index in [1.807, 2.05) is 0 Å². The van der Waals surface area contributed by atoms with Crippen LogP contribution in [0.4, 0.5) is 17.6 Å². The smallest absolute Gasteiger partial charge is 0.419 e. The van der Waals surface area contributed by atoms with Crippen LogP contribution < -0.4 is 4.74 Å². The molecule has 1 aromatic carbocycles. The summed E-state index contributed by atoms with van der Waals surface area (Å²) in [5.41, 5.74) is -1.32. The van der Waals surface area contributed by atoms with Gasteiger partial charge in [0.05, 0.1) is 24.7 Å². The second-order valence-corrected chi connectivity index (χ2v) is 8.94. The Morgan fingerprint density at radius 3 is 2.41 bits per heavy atom. The van der Waals surface area contributed by atoms with Gasteiger partial charge in [0.1, 0.15) is 6.10 Å². The van der Waals surface area contributed by atoms with Gasteiger partial charge in [-0.05, 0) is 69.4 Å². The highest BCUT2D eigenvalue weighted by molar-refractivity contribution is 5.72. The fourth-order valence-electron chi connectivity index (χ4n) is 4.62. The maximum atomic E-state index is 14.6. The minimum absolute atomic E-state index is 0.0620. The standard InChI is InChI=1S/C25H34F4O5/c1-3-5-14-32-21-13-8-17(15-33-21)24(30)34-18-9-6-16(7-10-18)19-11-12-20(31-4-2)23(26)22(19)25(27,28)29/h11-12,16-18,21H,3-10,13-15H2,1-2H3. The summed E-state index contributed by atoms with van der Waals surface area (Å²) in [5.74, 6) is -2.92. The van der Waals surface area contributed by atoms with Gasteiger partial charge in [-0.1, -0.05) is 19.4 Å². The number of halogens is 4. The molecule has 34 heavy (non-hydrogen) atoms. The first-order chi connectivity index (χ1) is 16.2. The zero-order valence-corrected chi connectivity index (χ0v) is 19.8. The zero-order chi connectivity index (χ0) is 24.7. The molecule has 0 amide bonds. The summed E-state index contributed by atoms with van der Waals surface area (Å²) in [4.78, 5) is 12.6. The number of alkyl halides is 3. The van der Waals surface area contributed by atoms with Crippen molar-refractivity contribution in [1.82, 2.24) is 0 Å². The van der Waals surface area contributed by atoms with Gasteiger partial charge in [-0.2, -0.15) is 13.2 Å². The van der Waals surface area contributed by atoms with E-state index in [0.717, 1.165) is 12.8 Å². The summed E-state index contributed by atoms with van der Waals surface area (Å²) in [5, 5.41) is 0. The predicted molar refractivity (Wildman–Crippen MR) is 117 cm³/mol. The van der Waals surface area contributed by atoms with Crippen LogP contribution in [-0.4, -0.2) is 38.2 Å². The number of benzene rings is 1. The molecule has 0 N–H and O–H groups in total.